The number of hydrogen-bond donors (Lipinski definition) is 4. The number of para-hydroxylation sites is 1. The largest absolute Gasteiger partial charge is 0.383 e. The highest BCUT2D eigenvalue weighted by molar-refractivity contribution is 7.19. The van der Waals surface area contributed by atoms with Gasteiger partial charge in [0.25, 0.3) is 0 Å². The minimum atomic E-state index is -0.698. The highest BCUT2D eigenvalue weighted by Gasteiger charge is 2.36. The van der Waals surface area contributed by atoms with Crippen molar-refractivity contribution < 1.29 is 9.59 Å². The fourth-order valence-corrected chi connectivity index (χ4v) is 5.56. The van der Waals surface area contributed by atoms with E-state index >= 15 is 0 Å². The number of nitrogens with two attached hydrogens (primary N) is 2. The van der Waals surface area contributed by atoms with Gasteiger partial charge in [-0.25, -0.2) is 4.98 Å². The van der Waals surface area contributed by atoms with Gasteiger partial charge in [0.2, 0.25) is 11.8 Å². The minimum absolute atomic E-state index is 0.149. The Labute approximate surface area is 195 Å². The van der Waals surface area contributed by atoms with Crippen LogP contribution in [0.2, 0.25) is 0 Å². The third kappa shape index (κ3) is 4.17. The first kappa shape index (κ1) is 21.4. The summed E-state index contributed by atoms with van der Waals surface area (Å²) >= 11 is 1.57. The van der Waals surface area contributed by atoms with E-state index in [-0.39, 0.29) is 11.8 Å². The zero-order valence-electron chi connectivity index (χ0n) is 18.1. The molecule has 1 aliphatic heterocycles. The first-order valence-corrected chi connectivity index (χ1v) is 11.8. The molecule has 6 N–H and O–H groups in total. The Bertz CT molecular complexity index is 1330. The molecule has 0 radical (unpaired) electrons. The molecule has 2 amide bonds. The van der Waals surface area contributed by atoms with Gasteiger partial charge in [0.05, 0.1) is 12.6 Å². The van der Waals surface area contributed by atoms with Crippen LogP contribution in [-0.4, -0.2) is 45.3 Å². The van der Waals surface area contributed by atoms with Gasteiger partial charge in [0.15, 0.2) is 0 Å². The molecule has 0 saturated carbocycles. The highest BCUT2D eigenvalue weighted by Crippen LogP contribution is 2.28. The number of nitrogen functional groups attached to an aromatic ring is 1. The van der Waals surface area contributed by atoms with Crippen LogP contribution in [0.1, 0.15) is 23.3 Å². The van der Waals surface area contributed by atoms with E-state index in [1.165, 1.54) is 0 Å². The number of pyridine rings is 1. The molecule has 1 aliphatic rings. The molecule has 9 heteroatoms. The fourth-order valence-electron chi connectivity index (χ4n) is 4.56. The van der Waals surface area contributed by atoms with Gasteiger partial charge in [0.1, 0.15) is 11.9 Å². The molecule has 0 spiro atoms. The van der Waals surface area contributed by atoms with E-state index in [1.807, 2.05) is 42.6 Å². The van der Waals surface area contributed by atoms with Crippen LogP contribution in [0.25, 0.3) is 21.0 Å². The summed E-state index contributed by atoms with van der Waals surface area (Å²) in [6.45, 7) is 0.932. The Morgan fingerprint density at radius 1 is 1.27 bits per heavy atom. The number of hydrogen-bond acceptors (Lipinski definition) is 6. The number of nitrogens with one attached hydrogen (secondary N) is 2. The molecular weight excluding hydrogens is 436 g/mol. The van der Waals surface area contributed by atoms with Crippen LogP contribution in [0.3, 0.4) is 0 Å². The maximum absolute atomic E-state index is 13.1. The van der Waals surface area contributed by atoms with Crippen molar-refractivity contribution in [3.63, 3.8) is 0 Å². The van der Waals surface area contributed by atoms with Crippen molar-refractivity contribution in [2.75, 3.05) is 12.3 Å². The molecule has 8 nitrogen and oxygen atoms in total. The molecule has 1 saturated heterocycles. The van der Waals surface area contributed by atoms with Crippen molar-refractivity contribution in [3.8, 4) is 0 Å². The standard InChI is InChI=1S/C24H26N6O2S/c25-18(10-14-12-28-19-5-2-1-4-16(14)19)24(32)30-9-3-6-20(30)23(31)29-13-15-11-17-21(33-15)7-8-27-22(17)26/h1-2,4-5,7-8,11-12,18,20,28H,3,6,9-10,13,25H2,(H2,26,27)(H,29,31)/t18-,20+/m1/s1. The minimum Gasteiger partial charge on any atom is -0.383 e. The van der Waals surface area contributed by atoms with Crippen LogP contribution in [0, 0.1) is 0 Å². The SMILES string of the molecule is Nc1nccc2sc(CNC(=O)[C@@H]3CCCN3C(=O)[C@H](N)Cc3c[nH]c4ccccc34)cc12. The van der Waals surface area contributed by atoms with Gasteiger partial charge in [0, 0.05) is 44.8 Å². The molecule has 2 atom stereocenters. The molecule has 1 fully saturated rings. The Morgan fingerprint density at radius 3 is 2.97 bits per heavy atom. The van der Waals surface area contributed by atoms with Crippen molar-refractivity contribution in [2.24, 2.45) is 5.73 Å². The third-order valence-electron chi connectivity index (χ3n) is 6.23. The van der Waals surface area contributed by atoms with Crippen molar-refractivity contribution >= 4 is 50.0 Å². The maximum atomic E-state index is 13.1. The van der Waals surface area contributed by atoms with Gasteiger partial charge in [-0.3, -0.25) is 9.59 Å². The maximum Gasteiger partial charge on any atom is 0.243 e. The third-order valence-corrected chi connectivity index (χ3v) is 7.33. The number of anilines is 1. The average molecular weight is 463 g/mol. The first-order valence-electron chi connectivity index (χ1n) is 11.0. The van der Waals surface area contributed by atoms with Gasteiger partial charge in [-0.2, -0.15) is 0 Å². The Hall–Kier alpha value is -3.43. The Balaban J connectivity index is 1.23. The summed E-state index contributed by atoms with van der Waals surface area (Å²) in [6.07, 6.45) is 5.43. The van der Waals surface area contributed by atoms with Crippen molar-refractivity contribution in [2.45, 2.75) is 37.9 Å². The molecule has 0 unspecified atom stereocenters. The van der Waals surface area contributed by atoms with E-state index in [9.17, 15) is 9.59 Å². The normalized spacial score (nSPS) is 17.0. The first-order chi connectivity index (χ1) is 16.0. The number of rotatable bonds is 6. The second-order valence-electron chi connectivity index (χ2n) is 8.40. The van der Waals surface area contributed by atoms with E-state index in [1.54, 1.807) is 22.4 Å². The topological polar surface area (TPSA) is 130 Å². The zero-order valence-corrected chi connectivity index (χ0v) is 18.9. The average Bonchev–Trinajstić information content (AvgIpc) is 3.56. The molecule has 33 heavy (non-hydrogen) atoms. The molecule has 1 aromatic carbocycles. The zero-order chi connectivity index (χ0) is 22.9. The van der Waals surface area contributed by atoms with Crippen LogP contribution in [0.5, 0.6) is 0 Å². The van der Waals surface area contributed by atoms with Crippen LogP contribution < -0.4 is 16.8 Å². The summed E-state index contributed by atoms with van der Waals surface area (Å²) in [4.78, 5) is 36.0. The Kier molecular flexibility index (Phi) is 5.74. The fraction of sp³-hybridized carbons (Fsp3) is 0.292. The number of carbonyl (C=O) groups is 2. The quantitative estimate of drug-likeness (QED) is 0.350. The lowest BCUT2D eigenvalue weighted by molar-refractivity contribution is -0.139. The predicted octanol–water partition coefficient (Wildman–Crippen LogP) is 2.54. The molecule has 4 aromatic rings. The lowest BCUT2D eigenvalue weighted by Gasteiger charge is -2.26. The number of aromatic amines is 1. The van der Waals surface area contributed by atoms with Gasteiger partial charge >= 0.3 is 0 Å². The highest BCUT2D eigenvalue weighted by atomic mass is 32.1. The van der Waals surface area contributed by atoms with Gasteiger partial charge < -0.3 is 26.7 Å². The number of fused-ring (bicyclic) bond motifs is 2. The van der Waals surface area contributed by atoms with Gasteiger partial charge in [-0.15, -0.1) is 11.3 Å². The number of likely N-dealkylation sites (tertiary alicyclic amines) is 1. The lowest BCUT2D eigenvalue weighted by atomic mass is 10.0. The van der Waals surface area contributed by atoms with Crippen LogP contribution >= 0.6 is 11.3 Å². The summed E-state index contributed by atoms with van der Waals surface area (Å²) in [5, 5.41) is 4.95. The summed E-state index contributed by atoms with van der Waals surface area (Å²) in [7, 11) is 0. The van der Waals surface area contributed by atoms with Crippen molar-refractivity contribution in [3.05, 3.63) is 59.2 Å². The summed E-state index contributed by atoms with van der Waals surface area (Å²) in [6, 6.07) is 10.6. The number of nitrogens with zero attached hydrogens (tertiary/aromatic N) is 2. The van der Waals surface area contributed by atoms with E-state index < -0.39 is 12.1 Å². The van der Waals surface area contributed by atoms with Crippen LogP contribution in [0.4, 0.5) is 5.82 Å². The second-order valence-corrected chi connectivity index (χ2v) is 9.57. The number of benzene rings is 1. The van der Waals surface area contributed by atoms with E-state index in [4.69, 9.17) is 11.5 Å². The van der Waals surface area contributed by atoms with E-state index in [2.05, 4.69) is 15.3 Å². The van der Waals surface area contributed by atoms with Crippen LogP contribution in [0.15, 0.2) is 48.8 Å². The van der Waals surface area contributed by atoms with Gasteiger partial charge in [-0.05, 0) is 43.0 Å². The van der Waals surface area contributed by atoms with Crippen molar-refractivity contribution in [1.82, 2.24) is 20.2 Å². The predicted molar refractivity (Wildman–Crippen MR) is 131 cm³/mol. The number of aromatic nitrogens is 2. The van der Waals surface area contributed by atoms with Gasteiger partial charge in [-0.1, -0.05) is 18.2 Å². The van der Waals surface area contributed by atoms with Crippen LogP contribution in [-0.2, 0) is 22.6 Å². The van der Waals surface area contributed by atoms with Crippen molar-refractivity contribution in [1.29, 1.82) is 0 Å². The monoisotopic (exact) mass is 462 g/mol. The summed E-state index contributed by atoms with van der Waals surface area (Å²) in [5.41, 5.74) is 14.3. The number of amides is 2. The lowest BCUT2D eigenvalue weighted by Crippen LogP contribution is -2.51. The van der Waals surface area contributed by atoms with E-state index in [0.717, 1.165) is 37.9 Å². The number of carbonyl (C=O) groups excluding carboxylic acids is 2. The number of thiophene rings is 1. The second kappa shape index (κ2) is 8.84. The summed E-state index contributed by atoms with van der Waals surface area (Å²) < 4.78 is 1.03. The summed E-state index contributed by atoms with van der Waals surface area (Å²) in [5.74, 6) is 0.153. The molecule has 4 heterocycles. The molecule has 3 aromatic heterocycles. The molecule has 170 valence electrons. The Morgan fingerprint density at radius 2 is 2.12 bits per heavy atom. The number of H-pyrrole nitrogens is 1. The molecule has 0 bridgehead atoms. The smallest absolute Gasteiger partial charge is 0.243 e. The molecular formula is C24H26N6O2S. The van der Waals surface area contributed by atoms with E-state index in [0.29, 0.717) is 31.7 Å². The molecule has 0 aliphatic carbocycles. The molecule has 5 rings (SSSR count).